The first-order valence-electron chi connectivity index (χ1n) is 8.63. The molecule has 4 bridgehead atoms. The highest BCUT2D eigenvalue weighted by molar-refractivity contribution is 5.83. The summed E-state index contributed by atoms with van der Waals surface area (Å²) in [6.45, 7) is 4.65. The zero-order chi connectivity index (χ0) is 14.3. The lowest BCUT2D eigenvalue weighted by molar-refractivity contribution is -0.135. The van der Waals surface area contributed by atoms with Gasteiger partial charge in [-0.15, -0.1) is 0 Å². The van der Waals surface area contributed by atoms with E-state index in [-0.39, 0.29) is 11.3 Å². The summed E-state index contributed by atoms with van der Waals surface area (Å²) >= 11 is 0. The van der Waals surface area contributed by atoms with E-state index in [1.54, 1.807) is 0 Å². The van der Waals surface area contributed by atoms with Crippen molar-refractivity contribution in [2.24, 2.45) is 34.8 Å². The van der Waals surface area contributed by atoms with Crippen molar-refractivity contribution in [3.63, 3.8) is 0 Å². The summed E-state index contributed by atoms with van der Waals surface area (Å²) in [5.74, 6) is 3.64. The molecule has 3 nitrogen and oxygen atoms in total. The maximum atomic E-state index is 12.8. The molecule has 3 N–H and O–H groups in total. The van der Waals surface area contributed by atoms with E-state index >= 15 is 0 Å². The maximum absolute atomic E-state index is 12.8. The quantitative estimate of drug-likeness (QED) is 0.812. The van der Waals surface area contributed by atoms with Crippen molar-refractivity contribution < 1.29 is 4.79 Å². The van der Waals surface area contributed by atoms with E-state index in [9.17, 15) is 4.79 Å². The molecule has 1 amide bonds. The third-order valence-corrected chi connectivity index (χ3v) is 6.75. The standard InChI is InChI=1S/C17H30N2O/c1-3-17(4-2,10-18)16(20)19-15-13-6-11-5-12(8-13)9-14(15)7-11/h11-15H,3-10,18H2,1-2H3,(H,19,20). The van der Waals surface area contributed by atoms with Gasteiger partial charge in [0.25, 0.3) is 0 Å². The Hall–Kier alpha value is -0.570. The molecule has 0 saturated heterocycles. The minimum atomic E-state index is -0.339. The van der Waals surface area contributed by atoms with Gasteiger partial charge in [-0.2, -0.15) is 0 Å². The highest BCUT2D eigenvalue weighted by Gasteiger charge is 2.49. The number of amides is 1. The van der Waals surface area contributed by atoms with Crippen LogP contribution in [-0.2, 0) is 4.79 Å². The van der Waals surface area contributed by atoms with Crippen LogP contribution in [0.3, 0.4) is 0 Å². The van der Waals surface area contributed by atoms with Gasteiger partial charge >= 0.3 is 0 Å². The van der Waals surface area contributed by atoms with Gasteiger partial charge in [-0.3, -0.25) is 4.79 Å². The fraction of sp³-hybridized carbons (Fsp3) is 0.941. The van der Waals surface area contributed by atoms with Gasteiger partial charge in [0.05, 0.1) is 5.41 Å². The number of carbonyl (C=O) groups is 1. The largest absolute Gasteiger partial charge is 0.352 e. The second-order valence-electron chi connectivity index (χ2n) is 7.62. The van der Waals surface area contributed by atoms with Crippen LogP contribution in [-0.4, -0.2) is 18.5 Å². The van der Waals surface area contributed by atoms with Gasteiger partial charge in [-0.25, -0.2) is 0 Å². The van der Waals surface area contributed by atoms with E-state index in [1.807, 2.05) is 0 Å². The number of rotatable bonds is 5. The molecule has 0 aromatic heterocycles. The van der Waals surface area contributed by atoms with E-state index in [1.165, 1.54) is 32.1 Å². The molecule has 114 valence electrons. The van der Waals surface area contributed by atoms with E-state index in [0.717, 1.165) is 36.5 Å². The Morgan fingerprint density at radius 1 is 1.05 bits per heavy atom. The van der Waals surface area contributed by atoms with Gasteiger partial charge < -0.3 is 11.1 Å². The molecule has 0 atom stereocenters. The van der Waals surface area contributed by atoms with Crippen LogP contribution in [0.25, 0.3) is 0 Å². The smallest absolute Gasteiger partial charge is 0.227 e. The van der Waals surface area contributed by atoms with Gasteiger partial charge in [0.1, 0.15) is 0 Å². The van der Waals surface area contributed by atoms with Crippen LogP contribution in [0.4, 0.5) is 0 Å². The molecule has 0 aliphatic heterocycles. The van der Waals surface area contributed by atoms with Crippen LogP contribution in [0.5, 0.6) is 0 Å². The molecule has 3 heteroatoms. The summed E-state index contributed by atoms with van der Waals surface area (Å²) < 4.78 is 0. The lowest BCUT2D eigenvalue weighted by Crippen LogP contribution is -2.59. The Morgan fingerprint density at radius 3 is 1.95 bits per heavy atom. The van der Waals surface area contributed by atoms with Crippen LogP contribution < -0.4 is 11.1 Å². The molecule has 4 rings (SSSR count). The molecule has 0 aromatic rings. The Morgan fingerprint density at radius 2 is 1.55 bits per heavy atom. The Balaban J connectivity index is 1.70. The first kappa shape index (κ1) is 14.4. The molecule has 0 aromatic carbocycles. The summed E-state index contributed by atoms with van der Waals surface area (Å²) in [6, 6.07) is 0.444. The highest BCUT2D eigenvalue weighted by atomic mass is 16.2. The molecule has 0 unspecified atom stereocenters. The molecular weight excluding hydrogens is 248 g/mol. The SMILES string of the molecule is CCC(CC)(CN)C(=O)NC1C2CC3CC(C2)CC1C3. The molecule has 20 heavy (non-hydrogen) atoms. The Bertz CT molecular complexity index is 339. The van der Waals surface area contributed by atoms with Crippen molar-refractivity contribution in [3.8, 4) is 0 Å². The zero-order valence-electron chi connectivity index (χ0n) is 13.0. The van der Waals surface area contributed by atoms with Crippen molar-refractivity contribution in [3.05, 3.63) is 0 Å². The third kappa shape index (κ3) is 2.18. The lowest BCUT2D eigenvalue weighted by Gasteiger charge is -2.54. The molecule has 4 aliphatic carbocycles. The second-order valence-corrected chi connectivity index (χ2v) is 7.62. The predicted molar refractivity (Wildman–Crippen MR) is 81.0 cm³/mol. The molecule has 4 saturated carbocycles. The normalized spacial score (nSPS) is 39.0. The molecule has 0 spiro atoms. The highest BCUT2D eigenvalue weighted by Crippen LogP contribution is 2.53. The summed E-state index contributed by atoms with van der Waals surface area (Å²) in [5.41, 5.74) is 5.58. The number of hydrogen-bond donors (Lipinski definition) is 2. The van der Waals surface area contributed by atoms with Crippen molar-refractivity contribution >= 4 is 5.91 Å². The number of hydrogen-bond acceptors (Lipinski definition) is 2. The van der Waals surface area contributed by atoms with Crippen molar-refractivity contribution in [2.75, 3.05) is 6.54 Å². The van der Waals surface area contributed by atoms with Gasteiger partial charge in [0, 0.05) is 12.6 Å². The summed E-state index contributed by atoms with van der Waals surface area (Å²) in [7, 11) is 0. The minimum Gasteiger partial charge on any atom is -0.352 e. The lowest BCUT2D eigenvalue weighted by atomic mass is 9.54. The van der Waals surface area contributed by atoms with Crippen LogP contribution in [0.2, 0.25) is 0 Å². The van der Waals surface area contributed by atoms with Gasteiger partial charge in [0.2, 0.25) is 5.91 Å². The van der Waals surface area contributed by atoms with E-state index in [0.29, 0.717) is 12.6 Å². The average Bonchev–Trinajstić information content (AvgIpc) is 2.44. The molecule has 4 aliphatic rings. The molecule has 4 fully saturated rings. The van der Waals surface area contributed by atoms with Gasteiger partial charge in [0.15, 0.2) is 0 Å². The Kier molecular flexibility index (Phi) is 3.83. The minimum absolute atomic E-state index is 0.225. The number of nitrogens with two attached hydrogens (primary N) is 1. The van der Waals surface area contributed by atoms with Crippen molar-refractivity contribution in [2.45, 2.75) is 64.8 Å². The second kappa shape index (κ2) is 5.32. The van der Waals surface area contributed by atoms with Gasteiger partial charge in [-0.1, -0.05) is 13.8 Å². The van der Waals surface area contributed by atoms with Crippen LogP contribution in [0.15, 0.2) is 0 Å². The summed E-state index contributed by atoms with van der Waals surface area (Å²) in [6.07, 6.45) is 8.57. The van der Waals surface area contributed by atoms with Crippen LogP contribution >= 0.6 is 0 Å². The Labute approximate surface area is 123 Å². The first-order chi connectivity index (χ1) is 9.61. The topological polar surface area (TPSA) is 55.1 Å². The van der Waals surface area contributed by atoms with Gasteiger partial charge in [-0.05, 0) is 68.6 Å². The summed E-state index contributed by atoms with van der Waals surface area (Å²) in [4.78, 5) is 12.8. The average molecular weight is 278 g/mol. The van der Waals surface area contributed by atoms with E-state index < -0.39 is 0 Å². The van der Waals surface area contributed by atoms with Crippen LogP contribution in [0, 0.1) is 29.1 Å². The molecule has 0 heterocycles. The number of carbonyl (C=O) groups excluding carboxylic acids is 1. The monoisotopic (exact) mass is 278 g/mol. The van der Waals surface area contributed by atoms with Crippen molar-refractivity contribution in [1.82, 2.24) is 5.32 Å². The number of nitrogens with one attached hydrogen (secondary N) is 1. The fourth-order valence-corrected chi connectivity index (χ4v) is 5.42. The molecule has 0 radical (unpaired) electrons. The van der Waals surface area contributed by atoms with E-state index in [4.69, 9.17) is 5.73 Å². The first-order valence-corrected chi connectivity index (χ1v) is 8.63. The molecular formula is C17H30N2O. The fourth-order valence-electron chi connectivity index (χ4n) is 5.42. The zero-order valence-corrected chi connectivity index (χ0v) is 13.0. The predicted octanol–water partition coefficient (Wildman–Crippen LogP) is 2.69. The van der Waals surface area contributed by atoms with Crippen molar-refractivity contribution in [1.29, 1.82) is 0 Å². The van der Waals surface area contributed by atoms with Crippen LogP contribution in [0.1, 0.15) is 58.8 Å². The van der Waals surface area contributed by atoms with E-state index in [2.05, 4.69) is 19.2 Å². The third-order valence-electron chi connectivity index (χ3n) is 6.75. The summed E-state index contributed by atoms with van der Waals surface area (Å²) in [5, 5.41) is 3.44. The maximum Gasteiger partial charge on any atom is 0.227 e.